The predicted octanol–water partition coefficient (Wildman–Crippen LogP) is 4.45. The zero-order valence-corrected chi connectivity index (χ0v) is 12.9. The fourth-order valence-corrected chi connectivity index (χ4v) is 2.66. The molecule has 3 nitrogen and oxygen atoms in total. The monoisotopic (exact) mass is 313 g/mol. The molecule has 0 aliphatic carbocycles. The first-order valence-electron chi connectivity index (χ1n) is 7.16. The number of nitrogens with one attached hydrogen (secondary N) is 1. The Labute approximate surface area is 133 Å². The van der Waals surface area contributed by atoms with Gasteiger partial charge >= 0.3 is 0 Å². The summed E-state index contributed by atoms with van der Waals surface area (Å²) in [6, 6.07) is 16.8. The van der Waals surface area contributed by atoms with Gasteiger partial charge in [-0.05, 0) is 31.2 Å². The molecule has 2 aromatic carbocycles. The minimum atomic E-state index is -0.172. The maximum Gasteiger partial charge on any atom is 0.253 e. The number of carbonyl (C=O) groups excluding carboxylic acids is 1. The maximum absolute atomic E-state index is 12.2. The molecule has 0 saturated heterocycles. The van der Waals surface area contributed by atoms with E-state index in [2.05, 4.69) is 5.32 Å². The number of halogens is 1. The molecule has 4 heteroatoms. The van der Waals surface area contributed by atoms with Crippen LogP contribution in [0.5, 0.6) is 0 Å². The highest BCUT2D eigenvalue weighted by Gasteiger charge is 2.14. The average molecular weight is 314 g/mol. The molecule has 112 valence electrons. The molecular weight excluding hydrogens is 298 g/mol. The van der Waals surface area contributed by atoms with Crippen molar-refractivity contribution in [2.45, 2.75) is 19.4 Å². The van der Waals surface area contributed by atoms with Crippen LogP contribution in [0.1, 0.15) is 23.0 Å². The van der Waals surface area contributed by atoms with Gasteiger partial charge in [0.1, 0.15) is 11.3 Å². The smallest absolute Gasteiger partial charge is 0.253 e. The van der Waals surface area contributed by atoms with E-state index in [1.54, 1.807) is 24.3 Å². The second kappa shape index (κ2) is 6.24. The van der Waals surface area contributed by atoms with Gasteiger partial charge in [0, 0.05) is 17.8 Å². The molecule has 0 spiro atoms. The molecule has 1 atom stereocenters. The molecule has 1 heterocycles. The fraction of sp³-hybridized carbons (Fsp3) is 0.167. The highest BCUT2D eigenvalue weighted by atomic mass is 35.5. The Bertz CT molecular complexity index is 776. The average Bonchev–Trinajstić information content (AvgIpc) is 2.89. The second-order valence-corrected chi connectivity index (χ2v) is 5.72. The highest BCUT2D eigenvalue weighted by molar-refractivity contribution is 6.33. The summed E-state index contributed by atoms with van der Waals surface area (Å²) in [4.78, 5) is 12.2. The lowest BCUT2D eigenvalue weighted by Crippen LogP contribution is -2.34. The standard InChI is InChI=1S/C18H16ClNO2/c1-12(20-18(21)15-7-3-4-8-16(15)19)10-14-11-13-6-2-5-9-17(13)22-14/h2-9,11-12H,10H2,1H3,(H,20,21)/t12-/m0/s1. The summed E-state index contributed by atoms with van der Waals surface area (Å²) in [6.07, 6.45) is 0.630. The van der Waals surface area contributed by atoms with Crippen LogP contribution in [0, 0.1) is 0 Å². The van der Waals surface area contributed by atoms with Crippen LogP contribution in [0.25, 0.3) is 11.0 Å². The molecular formula is C18H16ClNO2. The van der Waals surface area contributed by atoms with Crippen molar-refractivity contribution in [1.29, 1.82) is 0 Å². The van der Waals surface area contributed by atoms with Crippen molar-refractivity contribution < 1.29 is 9.21 Å². The summed E-state index contributed by atoms with van der Waals surface area (Å²) in [5, 5.41) is 4.47. The minimum Gasteiger partial charge on any atom is -0.461 e. The normalized spacial score (nSPS) is 12.3. The molecule has 0 saturated carbocycles. The van der Waals surface area contributed by atoms with Crippen molar-refractivity contribution in [1.82, 2.24) is 5.32 Å². The molecule has 0 aliphatic heterocycles. The summed E-state index contributed by atoms with van der Waals surface area (Å²) < 4.78 is 5.77. The van der Waals surface area contributed by atoms with Crippen molar-refractivity contribution in [2.75, 3.05) is 0 Å². The third-order valence-corrected chi connectivity index (χ3v) is 3.81. The SMILES string of the molecule is C[C@@H](Cc1cc2ccccc2o1)NC(=O)c1ccccc1Cl. The lowest BCUT2D eigenvalue weighted by molar-refractivity contribution is 0.0939. The van der Waals surface area contributed by atoms with Gasteiger partial charge < -0.3 is 9.73 Å². The second-order valence-electron chi connectivity index (χ2n) is 5.31. The van der Waals surface area contributed by atoms with E-state index in [0.717, 1.165) is 16.7 Å². The van der Waals surface area contributed by atoms with Gasteiger partial charge in [-0.1, -0.05) is 41.9 Å². The number of hydrogen-bond donors (Lipinski definition) is 1. The maximum atomic E-state index is 12.2. The van der Waals surface area contributed by atoms with Crippen LogP contribution < -0.4 is 5.32 Å². The molecule has 0 radical (unpaired) electrons. The first kappa shape index (κ1) is 14.7. The number of fused-ring (bicyclic) bond motifs is 1. The Balaban J connectivity index is 1.68. The van der Waals surface area contributed by atoms with Gasteiger partial charge in [0.2, 0.25) is 0 Å². The molecule has 1 N–H and O–H groups in total. The third kappa shape index (κ3) is 3.15. The molecule has 1 aromatic heterocycles. The number of benzene rings is 2. The quantitative estimate of drug-likeness (QED) is 0.773. The van der Waals surface area contributed by atoms with E-state index in [-0.39, 0.29) is 11.9 Å². The highest BCUT2D eigenvalue weighted by Crippen LogP contribution is 2.20. The lowest BCUT2D eigenvalue weighted by atomic mass is 10.1. The number of hydrogen-bond acceptors (Lipinski definition) is 2. The van der Waals surface area contributed by atoms with Gasteiger partial charge in [-0.15, -0.1) is 0 Å². The number of amides is 1. The van der Waals surface area contributed by atoms with Gasteiger partial charge in [-0.2, -0.15) is 0 Å². The molecule has 0 bridgehead atoms. The van der Waals surface area contributed by atoms with Crippen LogP contribution in [0.15, 0.2) is 59.0 Å². The van der Waals surface area contributed by atoms with E-state index in [9.17, 15) is 4.79 Å². The van der Waals surface area contributed by atoms with E-state index in [0.29, 0.717) is 17.0 Å². The minimum absolute atomic E-state index is 0.0515. The largest absolute Gasteiger partial charge is 0.461 e. The van der Waals surface area contributed by atoms with Crippen molar-refractivity contribution in [3.8, 4) is 0 Å². The van der Waals surface area contributed by atoms with Gasteiger partial charge in [-0.3, -0.25) is 4.79 Å². The molecule has 0 fully saturated rings. The van der Waals surface area contributed by atoms with Crippen LogP contribution in [-0.4, -0.2) is 11.9 Å². The molecule has 3 aromatic rings. The van der Waals surface area contributed by atoms with Crippen molar-refractivity contribution >= 4 is 28.5 Å². The Morgan fingerprint density at radius 3 is 2.68 bits per heavy atom. The first-order chi connectivity index (χ1) is 10.6. The first-order valence-corrected chi connectivity index (χ1v) is 7.54. The van der Waals surface area contributed by atoms with Crippen molar-refractivity contribution in [2.24, 2.45) is 0 Å². The van der Waals surface area contributed by atoms with Gasteiger partial charge in [0.25, 0.3) is 5.91 Å². The summed E-state index contributed by atoms with van der Waals surface area (Å²) in [5.74, 6) is 0.683. The van der Waals surface area contributed by atoms with Crippen molar-refractivity contribution in [3.63, 3.8) is 0 Å². The molecule has 3 rings (SSSR count). The van der Waals surface area contributed by atoms with E-state index < -0.39 is 0 Å². The van der Waals surface area contributed by atoms with E-state index >= 15 is 0 Å². The Kier molecular flexibility index (Phi) is 4.16. The Morgan fingerprint density at radius 2 is 1.91 bits per heavy atom. The number of carbonyl (C=O) groups is 1. The van der Waals surface area contributed by atoms with Gasteiger partial charge in [0.15, 0.2) is 0 Å². The number of furan rings is 1. The summed E-state index contributed by atoms with van der Waals surface area (Å²) in [5.41, 5.74) is 1.35. The predicted molar refractivity (Wildman–Crippen MR) is 88.3 cm³/mol. The Morgan fingerprint density at radius 1 is 1.18 bits per heavy atom. The van der Waals surface area contributed by atoms with E-state index in [1.807, 2.05) is 37.3 Å². The van der Waals surface area contributed by atoms with Gasteiger partial charge in [0.05, 0.1) is 10.6 Å². The van der Waals surface area contributed by atoms with Crippen LogP contribution in [0.3, 0.4) is 0 Å². The summed E-state index contributed by atoms with van der Waals surface area (Å²) in [6.45, 7) is 1.95. The van der Waals surface area contributed by atoms with E-state index in [4.69, 9.17) is 16.0 Å². The molecule has 1 amide bonds. The lowest BCUT2D eigenvalue weighted by Gasteiger charge is -2.13. The fourth-order valence-electron chi connectivity index (χ4n) is 2.44. The summed E-state index contributed by atoms with van der Waals surface area (Å²) in [7, 11) is 0. The Hall–Kier alpha value is -2.26. The number of rotatable bonds is 4. The van der Waals surface area contributed by atoms with Crippen LogP contribution in [0.4, 0.5) is 0 Å². The van der Waals surface area contributed by atoms with Crippen molar-refractivity contribution in [3.05, 3.63) is 70.9 Å². The van der Waals surface area contributed by atoms with Gasteiger partial charge in [-0.25, -0.2) is 0 Å². The third-order valence-electron chi connectivity index (χ3n) is 3.48. The zero-order chi connectivity index (χ0) is 15.5. The molecule has 0 unspecified atom stereocenters. The summed E-state index contributed by atoms with van der Waals surface area (Å²) >= 11 is 6.04. The molecule has 22 heavy (non-hydrogen) atoms. The van der Waals surface area contributed by atoms with Crippen LogP contribution in [-0.2, 0) is 6.42 Å². The van der Waals surface area contributed by atoms with Crippen LogP contribution >= 0.6 is 11.6 Å². The number of para-hydroxylation sites is 1. The van der Waals surface area contributed by atoms with E-state index in [1.165, 1.54) is 0 Å². The van der Waals surface area contributed by atoms with Crippen LogP contribution in [0.2, 0.25) is 5.02 Å². The topological polar surface area (TPSA) is 42.2 Å². The zero-order valence-electron chi connectivity index (χ0n) is 12.2. The molecule has 0 aliphatic rings.